The number of carbonyl (C=O) groups is 3. The molecule has 3 aromatic carbocycles. The molecule has 1 aliphatic carbocycles. The standard InChI is InChI=1S/C34H41N3O6/c1-33(2,3)29(36-32(41)43-4)30(39)37(21-24-15-9-6-10-16-24)22-34(42,20-23-13-7-5-8-14-23)31(40)35-28-26-18-12-11-17-25(26)19-27(28)38/h5-18,27-29,38,42H,19-22H2,1-4H3,(H,35,40)(H,36,41)/t27-,28+,29-,34+/m1/s1. The number of carbonyl (C=O) groups excluding carboxylic acids is 3. The van der Waals surface area contributed by atoms with Crippen LogP contribution in [0.3, 0.4) is 0 Å². The van der Waals surface area contributed by atoms with E-state index in [4.69, 9.17) is 4.74 Å². The van der Waals surface area contributed by atoms with Crippen molar-refractivity contribution >= 4 is 17.9 Å². The van der Waals surface area contributed by atoms with Crippen molar-refractivity contribution in [2.45, 2.75) is 63.9 Å². The Labute approximate surface area is 252 Å². The van der Waals surface area contributed by atoms with Gasteiger partial charge in [-0.1, -0.05) is 106 Å². The summed E-state index contributed by atoms with van der Waals surface area (Å²) in [7, 11) is 1.22. The number of nitrogens with zero attached hydrogens (tertiary/aromatic N) is 1. The molecule has 43 heavy (non-hydrogen) atoms. The smallest absolute Gasteiger partial charge is 0.407 e. The van der Waals surface area contributed by atoms with E-state index in [-0.39, 0.29) is 19.5 Å². The highest BCUT2D eigenvalue weighted by molar-refractivity contribution is 5.89. The number of nitrogens with one attached hydrogen (secondary N) is 2. The first-order valence-corrected chi connectivity index (χ1v) is 14.4. The summed E-state index contributed by atoms with van der Waals surface area (Å²) in [5, 5.41) is 28.6. The second kappa shape index (κ2) is 13.4. The van der Waals surface area contributed by atoms with Gasteiger partial charge in [0.1, 0.15) is 6.04 Å². The lowest BCUT2D eigenvalue weighted by Gasteiger charge is -2.39. The molecule has 0 radical (unpaired) electrons. The number of hydrogen-bond acceptors (Lipinski definition) is 6. The van der Waals surface area contributed by atoms with E-state index in [1.807, 2.05) is 93.6 Å². The molecule has 3 amide bonds. The van der Waals surface area contributed by atoms with Gasteiger partial charge in [0.05, 0.1) is 25.8 Å². The summed E-state index contributed by atoms with van der Waals surface area (Å²) in [5.41, 5.74) is 0.380. The largest absolute Gasteiger partial charge is 0.453 e. The molecular weight excluding hydrogens is 546 g/mol. The minimum atomic E-state index is -2.09. The van der Waals surface area contributed by atoms with Crippen LogP contribution in [-0.2, 0) is 33.7 Å². The normalized spacial score (nSPS) is 18.1. The summed E-state index contributed by atoms with van der Waals surface area (Å²) in [6, 6.07) is 24.1. The SMILES string of the molecule is COC(=O)N[C@H](C(=O)N(Cc1ccccc1)C[C@@](O)(Cc1ccccc1)C(=O)N[C@H]1c2ccccc2C[C@H]1O)C(C)(C)C. The predicted octanol–water partition coefficient (Wildman–Crippen LogP) is 3.53. The van der Waals surface area contributed by atoms with Gasteiger partial charge in [0.2, 0.25) is 5.91 Å². The van der Waals surface area contributed by atoms with Crippen LogP contribution >= 0.6 is 0 Å². The maximum atomic E-state index is 14.2. The molecule has 0 spiro atoms. The van der Waals surface area contributed by atoms with Crippen molar-refractivity contribution in [3.63, 3.8) is 0 Å². The highest BCUT2D eigenvalue weighted by Gasteiger charge is 2.45. The van der Waals surface area contributed by atoms with E-state index in [1.165, 1.54) is 12.0 Å². The molecule has 0 aromatic heterocycles. The fraction of sp³-hybridized carbons (Fsp3) is 0.382. The summed E-state index contributed by atoms with van der Waals surface area (Å²) in [5.74, 6) is -1.19. The average Bonchev–Trinajstić information content (AvgIpc) is 3.30. The first kappa shape index (κ1) is 31.7. The maximum Gasteiger partial charge on any atom is 0.407 e. The molecule has 3 aromatic rings. The molecular formula is C34H41N3O6. The van der Waals surface area contributed by atoms with Crippen LogP contribution in [-0.4, -0.2) is 64.4 Å². The monoisotopic (exact) mass is 587 g/mol. The van der Waals surface area contributed by atoms with Crippen LogP contribution in [0.4, 0.5) is 4.79 Å². The predicted molar refractivity (Wildman–Crippen MR) is 163 cm³/mol. The lowest BCUT2D eigenvalue weighted by Crippen LogP contribution is -2.61. The molecule has 0 fully saturated rings. The highest BCUT2D eigenvalue weighted by Crippen LogP contribution is 2.32. The van der Waals surface area contributed by atoms with Crippen LogP contribution in [0.15, 0.2) is 84.9 Å². The van der Waals surface area contributed by atoms with Crippen molar-refractivity contribution in [2.75, 3.05) is 13.7 Å². The van der Waals surface area contributed by atoms with Gasteiger partial charge < -0.3 is 30.5 Å². The third-order valence-corrected chi connectivity index (χ3v) is 7.79. The van der Waals surface area contributed by atoms with Crippen LogP contribution in [0.1, 0.15) is 49.1 Å². The van der Waals surface area contributed by atoms with Gasteiger partial charge >= 0.3 is 6.09 Å². The molecule has 9 nitrogen and oxygen atoms in total. The number of hydrogen-bond donors (Lipinski definition) is 4. The number of methoxy groups -OCH3 is 1. The number of alkyl carbamates (subject to hydrolysis) is 1. The quantitative estimate of drug-likeness (QED) is 0.287. The van der Waals surface area contributed by atoms with Crippen LogP contribution in [0, 0.1) is 5.41 Å². The van der Waals surface area contributed by atoms with E-state index in [9.17, 15) is 24.6 Å². The summed E-state index contributed by atoms with van der Waals surface area (Å²) < 4.78 is 4.80. The lowest BCUT2D eigenvalue weighted by atomic mass is 9.85. The molecule has 228 valence electrons. The fourth-order valence-corrected chi connectivity index (χ4v) is 5.50. The van der Waals surface area contributed by atoms with Crippen molar-refractivity contribution in [2.24, 2.45) is 5.41 Å². The lowest BCUT2D eigenvalue weighted by molar-refractivity contribution is -0.150. The topological polar surface area (TPSA) is 128 Å². The Balaban J connectivity index is 1.72. The molecule has 4 atom stereocenters. The van der Waals surface area contributed by atoms with E-state index in [2.05, 4.69) is 10.6 Å². The van der Waals surface area contributed by atoms with Crippen molar-refractivity contribution < 1.29 is 29.3 Å². The highest BCUT2D eigenvalue weighted by atomic mass is 16.5. The second-order valence-electron chi connectivity index (χ2n) is 12.2. The van der Waals surface area contributed by atoms with Crippen LogP contribution in [0.2, 0.25) is 0 Å². The Morgan fingerprint density at radius 2 is 1.51 bits per heavy atom. The molecule has 4 N–H and O–H groups in total. The third-order valence-electron chi connectivity index (χ3n) is 7.79. The van der Waals surface area contributed by atoms with Crippen molar-refractivity contribution in [3.05, 3.63) is 107 Å². The Bertz CT molecular complexity index is 1410. The molecule has 0 bridgehead atoms. The summed E-state index contributed by atoms with van der Waals surface area (Å²) in [6.45, 7) is 5.14. The molecule has 0 heterocycles. The van der Waals surface area contributed by atoms with Gasteiger partial charge in [-0.15, -0.1) is 0 Å². The molecule has 9 heteroatoms. The zero-order valence-electron chi connectivity index (χ0n) is 25.1. The van der Waals surface area contributed by atoms with Gasteiger partial charge in [0.25, 0.3) is 5.91 Å². The van der Waals surface area contributed by atoms with Crippen LogP contribution in [0.25, 0.3) is 0 Å². The Kier molecular flexibility index (Phi) is 9.88. The van der Waals surface area contributed by atoms with Crippen molar-refractivity contribution in [1.82, 2.24) is 15.5 Å². The van der Waals surface area contributed by atoms with Gasteiger partial charge in [-0.3, -0.25) is 9.59 Å². The fourth-order valence-electron chi connectivity index (χ4n) is 5.50. The number of benzene rings is 3. The minimum Gasteiger partial charge on any atom is -0.453 e. The van der Waals surface area contributed by atoms with Crippen molar-refractivity contribution in [3.8, 4) is 0 Å². The first-order chi connectivity index (χ1) is 20.4. The zero-order chi connectivity index (χ0) is 31.2. The number of aliphatic hydroxyl groups excluding tert-OH is 1. The Hall–Kier alpha value is -4.21. The molecule has 0 unspecified atom stereocenters. The van der Waals surface area contributed by atoms with Gasteiger partial charge in [0.15, 0.2) is 5.60 Å². The van der Waals surface area contributed by atoms with Gasteiger partial charge in [-0.05, 0) is 27.7 Å². The Morgan fingerprint density at radius 1 is 0.930 bits per heavy atom. The number of ether oxygens (including phenoxy) is 1. The summed E-state index contributed by atoms with van der Waals surface area (Å²) in [6.07, 6.45) is -1.34. The number of aliphatic hydroxyl groups is 2. The number of fused-ring (bicyclic) bond motifs is 1. The van der Waals surface area contributed by atoms with Gasteiger partial charge in [-0.2, -0.15) is 0 Å². The molecule has 4 rings (SSSR count). The molecule has 0 saturated carbocycles. The van der Waals surface area contributed by atoms with E-state index >= 15 is 0 Å². The van der Waals surface area contributed by atoms with E-state index < -0.39 is 47.1 Å². The third kappa shape index (κ3) is 7.80. The summed E-state index contributed by atoms with van der Waals surface area (Å²) in [4.78, 5) is 42.0. The van der Waals surface area contributed by atoms with Gasteiger partial charge in [0, 0.05) is 19.4 Å². The zero-order valence-corrected chi connectivity index (χ0v) is 25.1. The van der Waals surface area contributed by atoms with E-state index in [0.717, 1.165) is 16.7 Å². The Morgan fingerprint density at radius 3 is 2.12 bits per heavy atom. The van der Waals surface area contributed by atoms with Crippen LogP contribution < -0.4 is 10.6 Å². The molecule has 0 saturated heterocycles. The molecule has 0 aliphatic heterocycles. The maximum absolute atomic E-state index is 14.2. The molecule has 1 aliphatic rings. The first-order valence-electron chi connectivity index (χ1n) is 14.4. The van der Waals surface area contributed by atoms with E-state index in [1.54, 1.807) is 12.1 Å². The van der Waals surface area contributed by atoms with E-state index in [0.29, 0.717) is 12.0 Å². The van der Waals surface area contributed by atoms with Gasteiger partial charge in [-0.25, -0.2) is 4.79 Å². The minimum absolute atomic E-state index is 0.0778. The number of rotatable bonds is 10. The number of amides is 3. The van der Waals surface area contributed by atoms with Crippen LogP contribution in [0.5, 0.6) is 0 Å². The second-order valence-corrected chi connectivity index (χ2v) is 12.2. The van der Waals surface area contributed by atoms with Crippen molar-refractivity contribution in [1.29, 1.82) is 0 Å². The average molecular weight is 588 g/mol. The summed E-state index contributed by atoms with van der Waals surface area (Å²) >= 11 is 0.